The molecule has 2 rings (SSSR count). The summed E-state index contributed by atoms with van der Waals surface area (Å²) in [4.78, 5) is 6.36. The number of aromatic nitrogens is 1. The first-order valence-corrected chi connectivity index (χ1v) is 6.97. The zero-order valence-corrected chi connectivity index (χ0v) is 14.5. The monoisotopic (exact) mass is 370 g/mol. The van der Waals surface area contributed by atoms with Crippen LogP contribution in [0.25, 0.3) is 5.57 Å². The standard InChI is InChI=1S/C16H17BrN2.ClH.H2O/c1-19(2)11-9-16(14-4-3-10-18-12-14)13-5-7-15(17)8-6-13;;/h3-10,12H,11H2,1-2H3;1H;1H2/b16-9+;;. The Kier molecular flexibility index (Phi) is 9.13. The van der Waals surface area contributed by atoms with Gasteiger partial charge in [-0.15, -0.1) is 12.4 Å². The lowest BCUT2D eigenvalue weighted by molar-refractivity contribution is 0.457. The number of nitrogens with zero attached hydrogens (tertiary/aromatic N) is 2. The molecule has 0 fully saturated rings. The van der Waals surface area contributed by atoms with Gasteiger partial charge >= 0.3 is 0 Å². The van der Waals surface area contributed by atoms with E-state index >= 15 is 0 Å². The number of halogens is 2. The second-order valence-corrected chi connectivity index (χ2v) is 5.54. The molecule has 5 heteroatoms. The highest BCUT2D eigenvalue weighted by molar-refractivity contribution is 9.10. The van der Waals surface area contributed by atoms with Crippen LogP contribution < -0.4 is 0 Å². The third-order valence-corrected chi connectivity index (χ3v) is 3.32. The normalized spacial score (nSPS) is 10.8. The molecule has 1 heterocycles. The molecule has 21 heavy (non-hydrogen) atoms. The average molecular weight is 372 g/mol. The van der Waals surface area contributed by atoms with E-state index in [9.17, 15) is 0 Å². The van der Waals surface area contributed by atoms with Crippen LogP contribution in [0.2, 0.25) is 0 Å². The van der Waals surface area contributed by atoms with Crippen LogP contribution in [0.5, 0.6) is 0 Å². The summed E-state index contributed by atoms with van der Waals surface area (Å²) in [6, 6.07) is 12.4. The highest BCUT2D eigenvalue weighted by Gasteiger charge is 2.05. The van der Waals surface area contributed by atoms with Gasteiger partial charge < -0.3 is 10.4 Å². The Morgan fingerprint density at radius 1 is 1.14 bits per heavy atom. The number of pyridine rings is 1. The van der Waals surface area contributed by atoms with Crippen LogP contribution in [0, 0.1) is 0 Å². The number of hydrogen-bond donors (Lipinski definition) is 0. The number of rotatable bonds is 4. The minimum atomic E-state index is 0. The Morgan fingerprint density at radius 2 is 1.81 bits per heavy atom. The summed E-state index contributed by atoms with van der Waals surface area (Å²) in [5, 5.41) is 0. The highest BCUT2D eigenvalue weighted by Crippen LogP contribution is 2.24. The van der Waals surface area contributed by atoms with E-state index in [2.05, 4.69) is 76.3 Å². The summed E-state index contributed by atoms with van der Waals surface area (Å²) in [6.07, 6.45) is 5.94. The van der Waals surface area contributed by atoms with E-state index in [-0.39, 0.29) is 17.9 Å². The molecule has 0 atom stereocenters. The predicted octanol–water partition coefficient (Wildman–Crippen LogP) is 3.43. The van der Waals surface area contributed by atoms with Crippen LogP contribution in [0.4, 0.5) is 0 Å². The van der Waals surface area contributed by atoms with Gasteiger partial charge in [0, 0.05) is 29.0 Å². The minimum Gasteiger partial charge on any atom is -0.412 e. The Labute approximate surface area is 140 Å². The van der Waals surface area contributed by atoms with Crippen LogP contribution in [-0.2, 0) is 0 Å². The third kappa shape index (κ3) is 5.98. The molecule has 1 aromatic heterocycles. The smallest absolute Gasteiger partial charge is 0.0346 e. The van der Waals surface area contributed by atoms with E-state index in [4.69, 9.17) is 0 Å². The lowest BCUT2D eigenvalue weighted by Gasteiger charge is -2.11. The molecule has 0 bridgehead atoms. The van der Waals surface area contributed by atoms with Gasteiger partial charge in [-0.3, -0.25) is 4.98 Å². The molecule has 1 aromatic carbocycles. The first-order chi connectivity index (χ1) is 9.16. The summed E-state index contributed by atoms with van der Waals surface area (Å²) in [6.45, 7) is 0.903. The number of hydrogen-bond acceptors (Lipinski definition) is 2. The molecule has 114 valence electrons. The van der Waals surface area contributed by atoms with Gasteiger partial charge in [-0.05, 0) is 43.4 Å². The lowest BCUT2D eigenvalue weighted by atomic mass is 9.99. The van der Waals surface area contributed by atoms with Crippen molar-refractivity contribution in [3.8, 4) is 0 Å². The molecule has 0 aliphatic carbocycles. The highest BCUT2D eigenvalue weighted by atomic mass is 79.9. The van der Waals surface area contributed by atoms with Gasteiger partial charge in [-0.1, -0.05) is 40.2 Å². The fourth-order valence-electron chi connectivity index (χ4n) is 1.83. The van der Waals surface area contributed by atoms with E-state index < -0.39 is 0 Å². The Balaban J connectivity index is 0.00000200. The van der Waals surface area contributed by atoms with E-state index in [1.165, 1.54) is 11.1 Å². The van der Waals surface area contributed by atoms with Gasteiger partial charge in [0.15, 0.2) is 0 Å². The first-order valence-electron chi connectivity index (χ1n) is 6.18. The molecule has 0 saturated heterocycles. The van der Waals surface area contributed by atoms with Gasteiger partial charge in [0.2, 0.25) is 0 Å². The van der Waals surface area contributed by atoms with E-state index in [0.29, 0.717) is 0 Å². The molecule has 3 nitrogen and oxygen atoms in total. The first kappa shape index (κ1) is 19.8. The van der Waals surface area contributed by atoms with Crippen LogP contribution in [0.3, 0.4) is 0 Å². The average Bonchev–Trinajstić information content (AvgIpc) is 2.42. The summed E-state index contributed by atoms with van der Waals surface area (Å²) in [5.74, 6) is 0. The van der Waals surface area contributed by atoms with Crippen molar-refractivity contribution in [3.05, 3.63) is 70.5 Å². The lowest BCUT2D eigenvalue weighted by Crippen LogP contribution is -2.11. The van der Waals surface area contributed by atoms with Crippen LogP contribution in [0.15, 0.2) is 59.3 Å². The van der Waals surface area contributed by atoms with Crippen molar-refractivity contribution in [1.29, 1.82) is 0 Å². The van der Waals surface area contributed by atoms with Gasteiger partial charge in [-0.25, -0.2) is 0 Å². The molecule has 0 spiro atoms. The van der Waals surface area contributed by atoms with E-state index in [1.54, 1.807) is 6.20 Å². The van der Waals surface area contributed by atoms with Gasteiger partial charge in [0.1, 0.15) is 0 Å². The second-order valence-electron chi connectivity index (χ2n) is 4.63. The van der Waals surface area contributed by atoms with Crippen LogP contribution in [-0.4, -0.2) is 36.0 Å². The predicted molar refractivity (Wildman–Crippen MR) is 94.9 cm³/mol. The fraction of sp³-hybridized carbons (Fsp3) is 0.188. The zero-order valence-electron chi connectivity index (χ0n) is 12.1. The molecular weight excluding hydrogens is 352 g/mol. The Bertz CT molecular complexity index is 556. The molecule has 0 aliphatic rings. The van der Waals surface area contributed by atoms with Crippen molar-refractivity contribution < 1.29 is 5.48 Å². The molecular formula is C16H20BrClN2O. The molecule has 2 N–H and O–H groups in total. The fourth-order valence-corrected chi connectivity index (χ4v) is 2.09. The largest absolute Gasteiger partial charge is 0.412 e. The zero-order chi connectivity index (χ0) is 13.7. The second kappa shape index (κ2) is 9.68. The summed E-state index contributed by atoms with van der Waals surface area (Å²) >= 11 is 3.47. The molecule has 0 amide bonds. The summed E-state index contributed by atoms with van der Waals surface area (Å²) in [7, 11) is 4.14. The maximum absolute atomic E-state index is 4.21. The Hall–Kier alpha value is -1.20. The minimum absolute atomic E-state index is 0. The maximum atomic E-state index is 4.21. The van der Waals surface area contributed by atoms with E-state index in [1.807, 2.05) is 12.3 Å². The summed E-state index contributed by atoms with van der Waals surface area (Å²) in [5.41, 5.74) is 3.57. The van der Waals surface area contributed by atoms with Crippen LogP contribution in [0.1, 0.15) is 11.1 Å². The Morgan fingerprint density at radius 3 is 2.33 bits per heavy atom. The van der Waals surface area contributed by atoms with Gasteiger partial charge in [-0.2, -0.15) is 0 Å². The van der Waals surface area contributed by atoms with Crippen molar-refractivity contribution in [2.75, 3.05) is 20.6 Å². The summed E-state index contributed by atoms with van der Waals surface area (Å²) < 4.78 is 1.09. The quantitative estimate of drug-likeness (QED) is 0.826. The molecule has 0 aliphatic heterocycles. The number of likely N-dealkylation sites (N-methyl/N-ethyl adjacent to an activating group) is 1. The van der Waals surface area contributed by atoms with Crippen LogP contribution >= 0.6 is 28.3 Å². The van der Waals surface area contributed by atoms with Crippen molar-refractivity contribution in [2.45, 2.75) is 0 Å². The topological polar surface area (TPSA) is 47.6 Å². The SMILES string of the molecule is CN(C)C/C=C(\c1ccc(Br)cc1)c1cccnc1.Cl.O. The van der Waals surface area contributed by atoms with Crippen molar-refractivity contribution >= 4 is 33.9 Å². The number of benzene rings is 1. The van der Waals surface area contributed by atoms with Gasteiger partial charge in [0.25, 0.3) is 0 Å². The molecule has 0 radical (unpaired) electrons. The molecule has 0 saturated carbocycles. The van der Waals surface area contributed by atoms with Gasteiger partial charge in [0.05, 0.1) is 0 Å². The van der Waals surface area contributed by atoms with Crippen molar-refractivity contribution in [2.24, 2.45) is 0 Å². The van der Waals surface area contributed by atoms with Crippen molar-refractivity contribution in [1.82, 2.24) is 9.88 Å². The molecule has 0 unspecified atom stereocenters. The third-order valence-electron chi connectivity index (χ3n) is 2.79. The molecule has 2 aromatic rings. The van der Waals surface area contributed by atoms with E-state index in [0.717, 1.165) is 16.6 Å². The van der Waals surface area contributed by atoms with Crippen molar-refractivity contribution in [3.63, 3.8) is 0 Å². The maximum Gasteiger partial charge on any atom is 0.0346 e.